The number of rotatable bonds is 3. The van der Waals surface area contributed by atoms with E-state index in [0.29, 0.717) is 5.69 Å². The molecular formula is C14H15NO2. The van der Waals surface area contributed by atoms with Crippen LogP contribution >= 0.6 is 0 Å². The highest BCUT2D eigenvalue weighted by molar-refractivity contribution is 5.42. The summed E-state index contributed by atoms with van der Waals surface area (Å²) in [6.07, 6.45) is -0.661. The smallest absolute Gasteiger partial charge is 0.119 e. The summed E-state index contributed by atoms with van der Waals surface area (Å²) in [5, 5.41) is 10.2. The van der Waals surface area contributed by atoms with Crippen molar-refractivity contribution in [3.63, 3.8) is 0 Å². The Morgan fingerprint density at radius 2 is 1.76 bits per heavy atom. The Morgan fingerprint density at radius 3 is 2.41 bits per heavy atom. The van der Waals surface area contributed by atoms with Gasteiger partial charge in [-0.3, -0.25) is 0 Å². The summed E-state index contributed by atoms with van der Waals surface area (Å²) in [6, 6.07) is 14.6. The fourth-order valence-corrected chi connectivity index (χ4v) is 1.68. The molecule has 0 saturated heterocycles. The van der Waals surface area contributed by atoms with Crippen molar-refractivity contribution in [3.8, 4) is 5.75 Å². The Bertz CT molecular complexity index is 494. The van der Waals surface area contributed by atoms with Crippen molar-refractivity contribution in [2.24, 2.45) is 0 Å². The van der Waals surface area contributed by atoms with Gasteiger partial charge < -0.3 is 15.6 Å². The van der Waals surface area contributed by atoms with Crippen molar-refractivity contribution in [2.75, 3.05) is 12.8 Å². The molecule has 1 unspecified atom stereocenters. The number of methoxy groups -OCH3 is 1. The monoisotopic (exact) mass is 229 g/mol. The summed E-state index contributed by atoms with van der Waals surface area (Å²) < 4.78 is 5.13. The lowest BCUT2D eigenvalue weighted by molar-refractivity contribution is 0.220. The second kappa shape index (κ2) is 4.89. The van der Waals surface area contributed by atoms with Crippen LogP contribution in [0, 0.1) is 0 Å². The molecule has 0 heterocycles. The van der Waals surface area contributed by atoms with Crippen LogP contribution in [-0.4, -0.2) is 12.2 Å². The zero-order valence-electron chi connectivity index (χ0n) is 9.63. The number of ether oxygens (including phenoxy) is 1. The number of aliphatic hydroxyl groups excluding tert-OH is 1. The third-order valence-electron chi connectivity index (χ3n) is 2.66. The Labute approximate surface area is 100 Å². The Hall–Kier alpha value is -2.00. The fraction of sp³-hybridized carbons (Fsp3) is 0.143. The zero-order chi connectivity index (χ0) is 12.3. The fourth-order valence-electron chi connectivity index (χ4n) is 1.68. The number of nitrogen functional groups attached to an aromatic ring is 1. The van der Waals surface area contributed by atoms with Gasteiger partial charge in [-0.25, -0.2) is 0 Å². The van der Waals surface area contributed by atoms with Crippen LogP contribution in [0.2, 0.25) is 0 Å². The zero-order valence-corrected chi connectivity index (χ0v) is 9.63. The first kappa shape index (κ1) is 11.5. The quantitative estimate of drug-likeness (QED) is 0.794. The van der Waals surface area contributed by atoms with Gasteiger partial charge in [-0.15, -0.1) is 0 Å². The highest BCUT2D eigenvalue weighted by Gasteiger charge is 2.10. The van der Waals surface area contributed by atoms with Crippen LogP contribution < -0.4 is 10.5 Å². The molecule has 0 aliphatic heterocycles. The van der Waals surface area contributed by atoms with Crippen molar-refractivity contribution in [2.45, 2.75) is 6.10 Å². The van der Waals surface area contributed by atoms with Gasteiger partial charge in [0.15, 0.2) is 0 Å². The van der Waals surface area contributed by atoms with Gasteiger partial charge in [-0.2, -0.15) is 0 Å². The minimum Gasteiger partial charge on any atom is -0.497 e. The Morgan fingerprint density at radius 1 is 1.06 bits per heavy atom. The van der Waals surface area contributed by atoms with E-state index < -0.39 is 6.10 Å². The van der Waals surface area contributed by atoms with Crippen LogP contribution in [0.5, 0.6) is 5.75 Å². The summed E-state index contributed by atoms with van der Waals surface area (Å²) in [6.45, 7) is 0. The molecule has 88 valence electrons. The van der Waals surface area contributed by atoms with Gasteiger partial charge in [0, 0.05) is 5.69 Å². The minimum absolute atomic E-state index is 0.661. The molecule has 0 saturated carbocycles. The number of aliphatic hydroxyl groups is 1. The van der Waals surface area contributed by atoms with Crippen LogP contribution in [0.3, 0.4) is 0 Å². The van der Waals surface area contributed by atoms with E-state index in [-0.39, 0.29) is 0 Å². The third-order valence-corrected chi connectivity index (χ3v) is 2.66. The predicted octanol–water partition coefficient (Wildman–Crippen LogP) is 2.36. The molecule has 3 heteroatoms. The number of hydrogen-bond acceptors (Lipinski definition) is 3. The van der Waals surface area contributed by atoms with Crippen molar-refractivity contribution >= 4 is 5.69 Å². The standard InChI is InChI=1S/C14H15NO2/c1-17-13-4-2-3-11(9-13)14(16)10-5-7-12(15)8-6-10/h2-9,14,16H,15H2,1H3. The average Bonchev–Trinajstić information content (AvgIpc) is 2.39. The SMILES string of the molecule is COc1cccc(C(O)c2ccc(N)cc2)c1. The van der Waals surface area contributed by atoms with E-state index in [9.17, 15) is 5.11 Å². The summed E-state index contributed by atoms with van der Waals surface area (Å²) in [5.74, 6) is 0.733. The first-order chi connectivity index (χ1) is 8.20. The summed E-state index contributed by atoms with van der Waals surface area (Å²) in [5.41, 5.74) is 7.91. The van der Waals surface area contributed by atoms with Crippen molar-refractivity contribution < 1.29 is 9.84 Å². The van der Waals surface area contributed by atoms with E-state index >= 15 is 0 Å². The second-order valence-electron chi connectivity index (χ2n) is 3.85. The molecular weight excluding hydrogens is 214 g/mol. The van der Waals surface area contributed by atoms with Crippen molar-refractivity contribution in [1.82, 2.24) is 0 Å². The Balaban J connectivity index is 2.29. The molecule has 3 nitrogen and oxygen atoms in total. The normalized spacial score (nSPS) is 12.1. The van der Waals surface area contributed by atoms with E-state index in [4.69, 9.17) is 10.5 Å². The molecule has 0 radical (unpaired) electrons. The van der Waals surface area contributed by atoms with E-state index in [1.165, 1.54) is 0 Å². The number of nitrogens with two attached hydrogens (primary N) is 1. The van der Waals surface area contributed by atoms with E-state index in [1.807, 2.05) is 36.4 Å². The molecule has 3 N–H and O–H groups in total. The van der Waals surface area contributed by atoms with Gasteiger partial charge in [0.1, 0.15) is 11.9 Å². The predicted molar refractivity (Wildman–Crippen MR) is 67.9 cm³/mol. The first-order valence-electron chi connectivity index (χ1n) is 5.38. The molecule has 2 aromatic carbocycles. The highest BCUT2D eigenvalue weighted by Crippen LogP contribution is 2.25. The topological polar surface area (TPSA) is 55.5 Å². The van der Waals surface area contributed by atoms with Crippen LogP contribution in [0.15, 0.2) is 48.5 Å². The highest BCUT2D eigenvalue weighted by atomic mass is 16.5. The molecule has 0 aliphatic carbocycles. The molecule has 0 spiro atoms. The van der Waals surface area contributed by atoms with E-state index in [1.54, 1.807) is 19.2 Å². The van der Waals surface area contributed by atoms with Gasteiger partial charge in [-0.1, -0.05) is 24.3 Å². The molecule has 0 amide bonds. The molecule has 0 fully saturated rings. The van der Waals surface area contributed by atoms with Gasteiger partial charge >= 0.3 is 0 Å². The van der Waals surface area contributed by atoms with Gasteiger partial charge in [0.2, 0.25) is 0 Å². The lowest BCUT2D eigenvalue weighted by Crippen LogP contribution is -2.00. The maximum atomic E-state index is 10.2. The third kappa shape index (κ3) is 2.57. The lowest BCUT2D eigenvalue weighted by Gasteiger charge is -2.12. The molecule has 0 aliphatic rings. The molecule has 2 rings (SSSR count). The maximum absolute atomic E-state index is 10.2. The second-order valence-corrected chi connectivity index (χ2v) is 3.85. The van der Waals surface area contributed by atoms with E-state index in [2.05, 4.69) is 0 Å². The number of benzene rings is 2. The van der Waals surface area contributed by atoms with Crippen LogP contribution in [0.4, 0.5) is 5.69 Å². The van der Waals surface area contributed by atoms with Crippen molar-refractivity contribution in [3.05, 3.63) is 59.7 Å². The van der Waals surface area contributed by atoms with Gasteiger partial charge in [0.05, 0.1) is 7.11 Å². The van der Waals surface area contributed by atoms with Gasteiger partial charge in [0.25, 0.3) is 0 Å². The minimum atomic E-state index is -0.661. The number of anilines is 1. The summed E-state index contributed by atoms with van der Waals surface area (Å²) in [7, 11) is 1.61. The molecule has 2 aromatic rings. The molecule has 0 aromatic heterocycles. The summed E-state index contributed by atoms with van der Waals surface area (Å²) >= 11 is 0. The lowest BCUT2D eigenvalue weighted by atomic mass is 10.0. The van der Waals surface area contributed by atoms with Gasteiger partial charge in [-0.05, 0) is 35.4 Å². The molecule has 0 bridgehead atoms. The van der Waals surface area contributed by atoms with Crippen molar-refractivity contribution in [1.29, 1.82) is 0 Å². The largest absolute Gasteiger partial charge is 0.497 e. The average molecular weight is 229 g/mol. The number of hydrogen-bond donors (Lipinski definition) is 2. The first-order valence-corrected chi connectivity index (χ1v) is 5.38. The maximum Gasteiger partial charge on any atom is 0.119 e. The summed E-state index contributed by atoms with van der Waals surface area (Å²) in [4.78, 5) is 0. The molecule has 1 atom stereocenters. The Kier molecular flexibility index (Phi) is 3.30. The van der Waals surface area contributed by atoms with Crippen LogP contribution in [0.1, 0.15) is 17.2 Å². The van der Waals surface area contributed by atoms with Crippen LogP contribution in [0.25, 0.3) is 0 Å². The van der Waals surface area contributed by atoms with E-state index in [0.717, 1.165) is 16.9 Å². The van der Waals surface area contributed by atoms with Crippen LogP contribution in [-0.2, 0) is 0 Å². The molecule has 17 heavy (non-hydrogen) atoms.